The maximum absolute atomic E-state index is 6.88. The third-order valence-corrected chi connectivity index (χ3v) is 8.45. The molecule has 0 spiro atoms. The molecule has 0 unspecified atom stereocenters. The Morgan fingerprint density at radius 1 is 0.500 bits per heavy atom. The fourth-order valence-electron chi connectivity index (χ4n) is 6.39. The largest absolute Gasteiger partial charge is 0.455 e. The maximum atomic E-state index is 6.88. The van der Waals surface area contributed by atoms with Crippen LogP contribution in [0.2, 0.25) is 0 Å². The van der Waals surface area contributed by atoms with Crippen molar-refractivity contribution in [2.75, 3.05) is 4.90 Å². The lowest BCUT2D eigenvalue weighted by Crippen LogP contribution is -2.11. The molecule has 3 heteroatoms. The highest BCUT2D eigenvalue weighted by Gasteiger charge is 2.25. The average Bonchev–Trinajstić information content (AvgIpc) is 3.57. The first-order valence-electron chi connectivity index (χ1n) is 14.5. The topological polar surface area (TPSA) is 29.5 Å². The van der Waals surface area contributed by atoms with Gasteiger partial charge in [-0.25, -0.2) is 0 Å². The Labute approximate surface area is 244 Å². The third kappa shape index (κ3) is 3.66. The fraction of sp³-hybridized carbons (Fsp3) is 0.128. The van der Waals surface area contributed by atoms with Crippen molar-refractivity contribution in [3.05, 3.63) is 126 Å². The average molecular weight is 546 g/mol. The molecule has 0 fully saturated rings. The van der Waals surface area contributed by atoms with Gasteiger partial charge in [-0.05, 0) is 42.7 Å². The van der Waals surface area contributed by atoms with Crippen LogP contribution in [0.4, 0.5) is 17.1 Å². The zero-order valence-corrected chi connectivity index (χ0v) is 24.2. The summed E-state index contributed by atoms with van der Waals surface area (Å²) < 4.78 is 13.3. The zero-order chi connectivity index (χ0) is 28.6. The van der Waals surface area contributed by atoms with Crippen molar-refractivity contribution in [1.29, 1.82) is 0 Å². The molecule has 8 rings (SSSR count). The van der Waals surface area contributed by atoms with E-state index in [9.17, 15) is 0 Å². The summed E-state index contributed by atoms with van der Waals surface area (Å²) in [6, 6.07) is 40.9. The molecule has 3 nitrogen and oxygen atoms in total. The third-order valence-electron chi connectivity index (χ3n) is 8.45. The number of hydrogen-bond acceptors (Lipinski definition) is 3. The second kappa shape index (κ2) is 8.99. The van der Waals surface area contributed by atoms with Gasteiger partial charge in [0.25, 0.3) is 0 Å². The molecule has 204 valence electrons. The molecule has 8 aromatic rings. The van der Waals surface area contributed by atoms with E-state index in [4.69, 9.17) is 8.83 Å². The van der Waals surface area contributed by atoms with Crippen LogP contribution in [0.1, 0.15) is 31.9 Å². The molecule has 0 bridgehead atoms. The second-order valence-electron chi connectivity index (χ2n) is 12.3. The molecule has 2 aromatic heterocycles. The summed E-state index contributed by atoms with van der Waals surface area (Å²) >= 11 is 0. The SMILES string of the molecule is Cc1ccc(N(c2cc3c4ccccc4oc3c3ccccc23)c2cccc3c2oc2c(C(C)(C)C)cccc23)cc1. The Morgan fingerprint density at radius 3 is 1.88 bits per heavy atom. The molecule has 0 radical (unpaired) electrons. The Bertz CT molecular complexity index is 2290. The van der Waals surface area contributed by atoms with Crippen LogP contribution in [-0.4, -0.2) is 0 Å². The quantitative estimate of drug-likeness (QED) is 0.221. The summed E-state index contributed by atoms with van der Waals surface area (Å²) in [5, 5.41) is 6.68. The van der Waals surface area contributed by atoms with Gasteiger partial charge in [-0.1, -0.05) is 111 Å². The molecular weight excluding hydrogens is 514 g/mol. The zero-order valence-electron chi connectivity index (χ0n) is 24.2. The lowest BCUT2D eigenvalue weighted by atomic mass is 9.86. The maximum Gasteiger partial charge on any atom is 0.159 e. The molecule has 6 aromatic carbocycles. The van der Waals surface area contributed by atoms with Gasteiger partial charge in [-0.3, -0.25) is 0 Å². The van der Waals surface area contributed by atoms with E-state index < -0.39 is 0 Å². The highest BCUT2D eigenvalue weighted by Crippen LogP contribution is 2.48. The number of fused-ring (bicyclic) bond motifs is 8. The number of hydrogen-bond donors (Lipinski definition) is 0. The predicted molar refractivity (Wildman–Crippen MR) is 177 cm³/mol. The number of para-hydroxylation sites is 3. The number of aryl methyl sites for hydroxylation is 1. The summed E-state index contributed by atoms with van der Waals surface area (Å²) in [5.41, 5.74) is 9.18. The first-order valence-corrected chi connectivity index (χ1v) is 14.5. The minimum absolute atomic E-state index is 0.0478. The summed E-state index contributed by atoms with van der Waals surface area (Å²) in [7, 11) is 0. The Kier molecular flexibility index (Phi) is 5.30. The van der Waals surface area contributed by atoms with Gasteiger partial charge in [0, 0.05) is 43.6 Å². The smallest absolute Gasteiger partial charge is 0.159 e. The van der Waals surface area contributed by atoms with Gasteiger partial charge in [0.2, 0.25) is 0 Å². The van der Waals surface area contributed by atoms with Crippen molar-refractivity contribution >= 4 is 71.7 Å². The molecule has 2 heterocycles. The standard InChI is InChI=1S/C39H31NO2/c1-24-19-21-25(22-20-24)40(33-17-10-15-30-29-14-9-16-32(39(2,3)4)37(29)42-38(30)33)34-23-31-27-12-7-8-18-35(27)41-36(31)28-13-6-5-11-26(28)34/h5-23H,1-4H3. The van der Waals surface area contributed by atoms with Crippen molar-refractivity contribution < 1.29 is 8.83 Å². The van der Waals surface area contributed by atoms with E-state index in [-0.39, 0.29) is 5.41 Å². The van der Waals surface area contributed by atoms with E-state index in [0.29, 0.717) is 0 Å². The summed E-state index contributed by atoms with van der Waals surface area (Å²) in [4.78, 5) is 2.35. The molecule has 0 aliphatic carbocycles. The fourth-order valence-corrected chi connectivity index (χ4v) is 6.39. The van der Waals surface area contributed by atoms with Crippen LogP contribution in [0, 0.1) is 6.92 Å². The summed E-state index contributed by atoms with van der Waals surface area (Å²) in [5.74, 6) is 0. The normalized spacial score (nSPS) is 12.3. The summed E-state index contributed by atoms with van der Waals surface area (Å²) in [6.45, 7) is 8.85. The van der Waals surface area contributed by atoms with Crippen LogP contribution in [0.25, 0.3) is 54.6 Å². The highest BCUT2D eigenvalue weighted by atomic mass is 16.3. The van der Waals surface area contributed by atoms with Gasteiger partial charge in [0.1, 0.15) is 16.7 Å². The van der Waals surface area contributed by atoms with Crippen molar-refractivity contribution in [3.63, 3.8) is 0 Å². The van der Waals surface area contributed by atoms with Crippen molar-refractivity contribution in [2.24, 2.45) is 0 Å². The van der Waals surface area contributed by atoms with Crippen LogP contribution in [0.5, 0.6) is 0 Å². The number of nitrogens with zero attached hydrogens (tertiary/aromatic N) is 1. The molecule has 0 atom stereocenters. The van der Waals surface area contributed by atoms with E-state index in [1.807, 2.05) is 12.1 Å². The lowest BCUT2D eigenvalue weighted by molar-refractivity contribution is 0.573. The van der Waals surface area contributed by atoms with Crippen LogP contribution < -0.4 is 4.90 Å². The van der Waals surface area contributed by atoms with Gasteiger partial charge in [-0.15, -0.1) is 0 Å². The van der Waals surface area contributed by atoms with Gasteiger partial charge in [0.05, 0.1) is 11.4 Å². The van der Waals surface area contributed by atoms with Gasteiger partial charge < -0.3 is 13.7 Å². The van der Waals surface area contributed by atoms with Crippen molar-refractivity contribution in [1.82, 2.24) is 0 Å². The monoisotopic (exact) mass is 545 g/mol. The van der Waals surface area contributed by atoms with Crippen LogP contribution in [-0.2, 0) is 5.41 Å². The number of furan rings is 2. The minimum atomic E-state index is -0.0478. The van der Waals surface area contributed by atoms with E-state index in [2.05, 4.69) is 136 Å². The van der Waals surface area contributed by atoms with Crippen LogP contribution in [0.15, 0.2) is 124 Å². The molecule has 0 aliphatic rings. The molecule has 0 N–H and O–H groups in total. The second-order valence-corrected chi connectivity index (χ2v) is 12.3. The predicted octanol–water partition coefficient (Wildman–Crippen LogP) is 11.7. The molecule has 0 amide bonds. The van der Waals surface area contributed by atoms with E-state index in [1.165, 1.54) is 11.1 Å². The Morgan fingerprint density at radius 2 is 1.12 bits per heavy atom. The Hall–Kier alpha value is -5.02. The number of benzene rings is 6. The number of rotatable bonds is 3. The summed E-state index contributed by atoms with van der Waals surface area (Å²) in [6.07, 6.45) is 0. The first kappa shape index (κ1) is 24.8. The molecule has 0 saturated carbocycles. The van der Waals surface area contributed by atoms with Gasteiger partial charge in [0.15, 0.2) is 5.58 Å². The van der Waals surface area contributed by atoms with Gasteiger partial charge >= 0.3 is 0 Å². The van der Waals surface area contributed by atoms with E-state index >= 15 is 0 Å². The Balaban J connectivity index is 1.50. The van der Waals surface area contributed by atoms with Crippen LogP contribution in [0.3, 0.4) is 0 Å². The van der Waals surface area contributed by atoms with Crippen molar-refractivity contribution in [2.45, 2.75) is 33.1 Å². The van der Waals surface area contributed by atoms with E-state index in [1.54, 1.807) is 0 Å². The number of anilines is 3. The molecule has 42 heavy (non-hydrogen) atoms. The van der Waals surface area contributed by atoms with Crippen LogP contribution >= 0.6 is 0 Å². The molecule has 0 saturated heterocycles. The molecular formula is C39H31NO2. The minimum Gasteiger partial charge on any atom is -0.455 e. The van der Waals surface area contributed by atoms with Crippen molar-refractivity contribution in [3.8, 4) is 0 Å². The van der Waals surface area contributed by atoms with Gasteiger partial charge in [-0.2, -0.15) is 0 Å². The molecule has 0 aliphatic heterocycles. The highest BCUT2D eigenvalue weighted by molar-refractivity contribution is 6.20. The first-order chi connectivity index (χ1) is 20.4. The van der Waals surface area contributed by atoms with E-state index in [0.717, 1.165) is 71.7 Å². The lowest BCUT2D eigenvalue weighted by Gasteiger charge is -2.27.